The molecule has 13 heteroatoms. The zero-order chi connectivity index (χ0) is 22.4. The van der Waals surface area contributed by atoms with Gasteiger partial charge in [0.2, 0.25) is 10.0 Å². The van der Waals surface area contributed by atoms with Gasteiger partial charge < -0.3 is 10.7 Å². The van der Waals surface area contributed by atoms with E-state index in [0.717, 1.165) is 0 Å². The van der Waals surface area contributed by atoms with Crippen LogP contribution in [0.3, 0.4) is 0 Å². The van der Waals surface area contributed by atoms with Crippen LogP contribution in [-0.2, 0) is 19.9 Å². The molecule has 0 radical (unpaired) electrons. The number of H-pyrrole nitrogens is 1. The average Bonchev–Trinajstić information content (AvgIpc) is 3.36. The molecule has 0 saturated heterocycles. The summed E-state index contributed by atoms with van der Waals surface area (Å²) >= 11 is 0. The van der Waals surface area contributed by atoms with Gasteiger partial charge in [0.15, 0.2) is 22.3 Å². The zero-order valence-corrected chi connectivity index (χ0v) is 18.0. The Kier molecular flexibility index (Phi) is 5.21. The Labute approximate surface area is 178 Å². The number of amidine groups is 1. The van der Waals surface area contributed by atoms with Crippen molar-refractivity contribution < 1.29 is 16.8 Å². The van der Waals surface area contributed by atoms with Crippen molar-refractivity contribution in [2.75, 3.05) is 12.4 Å². The van der Waals surface area contributed by atoms with Crippen LogP contribution in [0.2, 0.25) is 0 Å². The second-order valence-corrected chi connectivity index (χ2v) is 10.6. The van der Waals surface area contributed by atoms with Crippen molar-refractivity contribution in [2.45, 2.75) is 22.8 Å². The van der Waals surface area contributed by atoms with E-state index in [1.165, 1.54) is 25.4 Å². The Morgan fingerprint density at radius 3 is 2.55 bits per heavy atom. The summed E-state index contributed by atoms with van der Waals surface area (Å²) in [5.41, 5.74) is 7.83. The number of benzene rings is 2. The number of sulfonamides is 1. The number of aromatic amines is 1. The maximum atomic E-state index is 13.0. The monoisotopic (exact) mass is 461 g/mol. The molecule has 1 atom stereocenters. The molecule has 2 heterocycles. The van der Waals surface area contributed by atoms with Crippen LogP contribution in [0, 0.1) is 0 Å². The number of nitrogens with zero attached hydrogens (tertiary/aromatic N) is 4. The Hall–Kier alpha value is -3.00. The van der Waals surface area contributed by atoms with Crippen molar-refractivity contribution in [3.63, 3.8) is 0 Å². The minimum atomic E-state index is -4.52. The van der Waals surface area contributed by atoms with Crippen molar-refractivity contribution in [3.05, 3.63) is 42.2 Å². The van der Waals surface area contributed by atoms with Gasteiger partial charge >= 0.3 is 0 Å². The molecule has 5 N–H and O–H groups in total. The molecular formula is C18H19N7O4S2. The van der Waals surface area contributed by atoms with Gasteiger partial charge in [-0.25, -0.2) is 32.0 Å². The van der Waals surface area contributed by atoms with Crippen LogP contribution in [0.5, 0.6) is 0 Å². The maximum Gasteiger partial charge on any atom is 0.240 e. The van der Waals surface area contributed by atoms with Crippen molar-refractivity contribution in [3.8, 4) is 11.1 Å². The van der Waals surface area contributed by atoms with E-state index in [0.29, 0.717) is 22.2 Å². The number of imidazole rings is 1. The highest BCUT2D eigenvalue weighted by Crippen LogP contribution is 2.37. The molecule has 0 amide bonds. The first-order valence-electron chi connectivity index (χ1n) is 9.12. The number of hydrogen-bond donors (Lipinski definition) is 3. The lowest BCUT2D eigenvalue weighted by Gasteiger charge is -2.17. The fourth-order valence-corrected chi connectivity index (χ4v) is 6.61. The minimum Gasteiger partial charge on any atom is -0.345 e. The second-order valence-electron chi connectivity index (χ2n) is 7.09. The first kappa shape index (κ1) is 21.2. The van der Waals surface area contributed by atoms with E-state index in [1.807, 2.05) is 0 Å². The summed E-state index contributed by atoms with van der Waals surface area (Å²) < 4.78 is 51.4. The lowest BCUT2D eigenvalue weighted by Crippen LogP contribution is -2.28. The molecule has 4 rings (SSSR count). The third-order valence-electron chi connectivity index (χ3n) is 4.64. The van der Waals surface area contributed by atoms with Crippen LogP contribution in [0.1, 0.15) is 12.5 Å². The summed E-state index contributed by atoms with van der Waals surface area (Å²) in [5.74, 6) is -0.485. The highest BCUT2D eigenvalue weighted by Gasteiger charge is 2.33. The molecular weight excluding hydrogens is 442 g/mol. The second kappa shape index (κ2) is 7.60. The molecule has 1 aromatic heterocycles. The lowest BCUT2D eigenvalue weighted by atomic mass is 9.97. The molecule has 2 aromatic carbocycles. The lowest BCUT2D eigenvalue weighted by molar-refractivity contribution is 0.579. The normalized spacial score (nSPS) is 15.4. The third-order valence-corrected chi connectivity index (χ3v) is 7.73. The Bertz CT molecular complexity index is 1460. The maximum absolute atomic E-state index is 13.0. The molecule has 3 aromatic rings. The first-order chi connectivity index (χ1) is 14.6. The van der Waals surface area contributed by atoms with Gasteiger partial charge in [0.05, 0.1) is 33.6 Å². The topological polar surface area (TPSA) is 186 Å². The third kappa shape index (κ3) is 3.87. The number of aliphatic imine (C=N–C) groups is 1. The smallest absolute Gasteiger partial charge is 0.240 e. The van der Waals surface area contributed by atoms with Crippen LogP contribution in [0.25, 0.3) is 22.2 Å². The number of primary sulfonamides is 1. The molecule has 0 bridgehead atoms. The first-order valence-corrected chi connectivity index (χ1v) is 12.3. The summed E-state index contributed by atoms with van der Waals surface area (Å²) in [5, 5.41) is 13.2. The van der Waals surface area contributed by atoms with E-state index in [9.17, 15) is 16.8 Å². The van der Waals surface area contributed by atoms with Gasteiger partial charge in [0.25, 0.3) is 0 Å². The van der Waals surface area contributed by atoms with Crippen LogP contribution < -0.4 is 10.9 Å². The average molecular weight is 462 g/mol. The fourth-order valence-electron chi connectivity index (χ4n) is 3.51. The van der Waals surface area contributed by atoms with Gasteiger partial charge in [-0.05, 0) is 24.6 Å². The Balaban J connectivity index is 2.14. The number of para-hydroxylation sites is 1. The van der Waals surface area contributed by atoms with Gasteiger partial charge in [0.1, 0.15) is 4.90 Å². The fraction of sp³-hybridized carbons (Fsp3) is 0.222. The molecule has 0 spiro atoms. The van der Waals surface area contributed by atoms with Crippen LogP contribution >= 0.6 is 0 Å². The van der Waals surface area contributed by atoms with Gasteiger partial charge in [-0.2, -0.15) is 5.11 Å². The number of hydrogen-bond acceptors (Lipinski definition) is 9. The van der Waals surface area contributed by atoms with Crippen LogP contribution in [-0.4, -0.2) is 51.1 Å². The molecule has 0 aliphatic carbocycles. The Morgan fingerprint density at radius 1 is 1.13 bits per heavy atom. The van der Waals surface area contributed by atoms with E-state index >= 15 is 0 Å². The molecule has 11 nitrogen and oxygen atoms in total. The van der Waals surface area contributed by atoms with Gasteiger partial charge in [-0.3, -0.25) is 0 Å². The molecule has 1 aliphatic heterocycles. The largest absolute Gasteiger partial charge is 0.345 e. The summed E-state index contributed by atoms with van der Waals surface area (Å²) in [6.07, 6.45) is 1.50. The van der Waals surface area contributed by atoms with E-state index in [2.05, 4.69) is 25.2 Å². The SMILES string of the molecule is C[C@@H](N)CS(=O)(=O)c1ccc(-c2cccc3[nH]cnc23)c(C2=NCN=N2)c1S(N)(=O)=O. The van der Waals surface area contributed by atoms with Gasteiger partial charge in [0, 0.05) is 11.6 Å². The van der Waals surface area contributed by atoms with Crippen LogP contribution in [0.15, 0.2) is 61.7 Å². The van der Waals surface area contributed by atoms with Crippen molar-refractivity contribution >= 4 is 36.7 Å². The molecule has 1 aliphatic rings. The van der Waals surface area contributed by atoms with Crippen molar-refractivity contribution in [1.82, 2.24) is 9.97 Å². The number of rotatable bonds is 6. The minimum absolute atomic E-state index is 0.0117. The molecule has 0 unspecified atom stereocenters. The molecule has 31 heavy (non-hydrogen) atoms. The molecule has 0 saturated carbocycles. The zero-order valence-electron chi connectivity index (χ0n) is 16.3. The molecule has 162 valence electrons. The van der Waals surface area contributed by atoms with Crippen molar-refractivity contribution in [2.24, 2.45) is 26.1 Å². The summed E-state index contributed by atoms with van der Waals surface area (Å²) in [7, 11) is -8.61. The number of aromatic nitrogens is 2. The van der Waals surface area contributed by atoms with E-state index in [4.69, 9.17) is 10.9 Å². The van der Waals surface area contributed by atoms with E-state index in [-0.39, 0.29) is 18.1 Å². The quantitative estimate of drug-likeness (QED) is 0.494. The summed E-state index contributed by atoms with van der Waals surface area (Å²) in [6, 6.07) is 7.29. The molecule has 0 fully saturated rings. The van der Waals surface area contributed by atoms with Crippen molar-refractivity contribution in [1.29, 1.82) is 0 Å². The standard InChI is InChI=1S/C18H19N7O4S2/c1-10(19)7-30(26,27)14-6-5-11(12-3-2-4-13-16(12)22-8-21-13)15(17(14)31(20,28)29)18-23-9-24-25-18/h2-6,8,10H,7,9,19H2,1H3,(H,21,22)(H2,20,28,29)/t10-/m1/s1. The summed E-state index contributed by atoms with van der Waals surface area (Å²) in [6.45, 7) is 1.50. The number of nitrogens with one attached hydrogen (secondary N) is 1. The van der Waals surface area contributed by atoms with Gasteiger partial charge in [-0.15, -0.1) is 5.11 Å². The number of fused-ring (bicyclic) bond motifs is 1. The van der Waals surface area contributed by atoms with Crippen LogP contribution in [0.4, 0.5) is 0 Å². The number of azo groups is 1. The predicted octanol–water partition coefficient (Wildman–Crippen LogP) is 1.17. The van der Waals surface area contributed by atoms with E-state index < -0.39 is 41.4 Å². The Morgan fingerprint density at radius 2 is 1.90 bits per heavy atom. The number of nitrogens with two attached hydrogens (primary N) is 2. The van der Waals surface area contributed by atoms with E-state index in [1.54, 1.807) is 18.2 Å². The highest BCUT2D eigenvalue weighted by atomic mass is 32.2. The highest BCUT2D eigenvalue weighted by molar-refractivity contribution is 7.93. The predicted molar refractivity (Wildman–Crippen MR) is 115 cm³/mol. The summed E-state index contributed by atoms with van der Waals surface area (Å²) in [4.78, 5) is 10.4. The number of sulfone groups is 1. The van der Waals surface area contributed by atoms with Gasteiger partial charge in [-0.1, -0.05) is 18.2 Å².